The van der Waals surface area contributed by atoms with Crippen molar-refractivity contribution in [2.45, 2.75) is 84.0 Å². The molecule has 0 spiro atoms. The maximum Gasteiger partial charge on any atom is 0.196 e. The molecule has 0 bridgehead atoms. The summed E-state index contributed by atoms with van der Waals surface area (Å²) < 4.78 is 12.8. The van der Waals surface area contributed by atoms with Crippen LogP contribution in [-0.4, -0.2) is 0 Å². The maximum absolute atomic E-state index is 12.8. The smallest absolute Gasteiger partial charge is 0.195 e. The highest BCUT2D eigenvalue weighted by atomic mass is 19.1. The van der Waals surface area contributed by atoms with Crippen LogP contribution in [0.1, 0.15) is 82.3 Å². The number of rotatable bonds is 10. The third-order valence-corrected chi connectivity index (χ3v) is 5.90. The van der Waals surface area contributed by atoms with Crippen molar-refractivity contribution < 1.29 is 4.39 Å². The van der Waals surface area contributed by atoms with Crippen molar-refractivity contribution in [2.24, 2.45) is 11.8 Å². The van der Waals surface area contributed by atoms with E-state index in [1.54, 1.807) is 6.07 Å². The number of aryl methyl sites for hydroxylation is 2. The van der Waals surface area contributed by atoms with Crippen molar-refractivity contribution in [2.75, 3.05) is 0 Å². The van der Waals surface area contributed by atoms with Gasteiger partial charge in [0.1, 0.15) is 6.07 Å². The Kier molecular flexibility index (Phi) is 9.46. The van der Waals surface area contributed by atoms with Gasteiger partial charge in [-0.2, -0.15) is 9.65 Å². The molecule has 142 valence electrons. The molecule has 0 heterocycles. The zero-order valence-electron chi connectivity index (χ0n) is 16.4. The first-order valence-corrected chi connectivity index (χ1v) is 10.5. The first-order valence-electron chi connectivity index (χ1n) is 10.5. The van der Waals surface area contributed by atoms with Crippen LogP contribution in [0.3, 0.4) is 0 Å². The molecule has 1 aromatic rings. The molecular formula is C24H34FN. The summed E-state index contributed by atoms with van der Waals surface area (Å²) >= 11 is 0. The van der Waals surface area contributed by atoms with E-state index in [0.29, 0.717) is 6.42 Å². The molecule has 0 N–H and O–H groups in total. The molecular weight excluding hydrogens is 321 g/mol. The lowest BCUT2D eigenvalue weighted by atomic mass is 9.78. The molecule has 0 amide bonds. The first-order chi connectivity index (χ1) is 12.7. The molecule has 0 aromatic heterocycles. The van der Waals surface area contributed by atoms with Crippen LogP contribution in [0, 0.1) is 23.2 Å². The van der Waals surface area contributed by atoms with Crippen molar-refractivity contribution in [3.8, 4) is 6.07 Å². The lowest BCUT2D eigenvalue weighted by molar-refractivity contribution is 0.254. The van der Waals surface area contributed by atoms with Crippen LogP contribution in [0.5, 0.6) is 0 Å². The van der Waals surface area contributed by atoms with Crippen molar-refractivity contribution in [1.29, 1.82) is 5.26 Å². The number of allylic oxidation sites excluding steroid dienone is 2. The average molecular weight is 356 g/mol. The Labute approximate surface area is 159 Å². The van der Waals surface area contributed by atoms with Gasteiger partial charge in [-0.05, 0) is 67.6 Å². The fraction of sp³-hybridized carbons (Fsp3) is 0.625. The second-order valence-corrected chi connectivity index (χ2v) is 7.94. The topological polar surface area (TPSA) is 23.8 Å². The van der Waals surface area contributed by atoms with Crippen LogP contribution in [0.25, 0.3) is 0 Å². The van der Waals surface area contributed by atoms with E-state index in [9.17, 15) is 4.39 Å². The van der Waals surface area contributed by atoms with Crippen molar-refractivity contribution in [3.05, 3.63) is 47.3 Å². The maximum atomic E-state index is 12.8. The number of nitrogens with zero attached hydrogens (tertiary/aromatic N) is 1. The minimum absolute atomic E-state index is 0.630. The van der Waals surface area contributed by atoms with Gasteiger partial charge in [0.05, 0.1) is 0 Å². The lowest BCUT2D eigenvalue weighted by Crippen LogP contribution is -2.15. The van der Waals surface area contributed by atoms with Gasteiger partial charge >= 0.3 is 0 Å². The summed E-state index contributed by atoms with van der Waals surface area (Å²) in [6.07, 6.45) is 16.0. The van der Waals surface area contributed by atoms with Gasteiger partial charge in [0, 0.05) is 0 Å². The number of benzene rings is 1. The number of unbranched alkanes of at least 4 members (excludes halogenated alkanes) is 2. The van der Waals surface area contributed by atoms with Crippen molar-refractivity contribution in [1.82, 2.24) is 0 Å². The summed E-state index contributed by atoms with van der Waals surface area (Å²) in [5, 5.41) is 8.43. The van der Waals surface area contributed by atoms with E-state index in [-0.39, 0.29) is 0 Å². The fourth-order valence-electron chi connectivity index (χ4n) is 4.12. The quantitative estimate of drug-likeness (QED) is 0.319. The number of halogens is 1. The Morgan fingerprint density at radius 2 is 1.58 bits per heavy atom. The molecule has 0 atom stereocenters. The van der Waals surface area contributed by atoms with Crippen molar-refractivity contribution >= 4 is 0 Å². The second-order valence-electron chi connectivity index (χ2n) is 7.94. The zero-order chi connectivity index (χ0) is 18.6. The highest BCUT2D eigenvalue weighted by Gasteiger charge is 2.20. The SMILES string of the molecule is CCCCCc1ccc(CC[C@H]2CC[C@H](CCC=C(F)C#N)CC2)cc1. The molecule has 1 aliphatic carbocycles. The van der Waals surface area contributed by atoms with Gasteiger partial charge in [0.15, 0.2) is 5.83 Å². The first kappa shape index (κ1) is 20.7. The summed E-state index contributed by atoms with van der Waals surface area (Å²) in [7, 11) is 0. The van der Waals surface area contributed by atoms with E-state index in [0.717, 1.165) is 18.3 Å². The number of hydrogen-bond donors (Lipinski definition) is 0. The van der Waals surface area contributed by atoms with Crippen LogP contribution >= 0.6 is 0 Å². The Balaban J connectivity index is 1.63. The van der Waals surface area contributed by atoms with Gasteiger partial charge in [-0.15, -0.1) is 0 Å². The molecule has 0 radical (unpaired) electrons. The molecule has 2 heteroatoms. The van der Waals surface area contributed by atoms with Gasteiger partial charge < -0.3 is 0 Å². The standard InChI is InChI=1S/C24H34FN/c1-2-3-4-6-20-9-13-22(14-10-20)17-18-23-15-11-21(12-16-23)7-5-8-24(25)19-26/h8-10,13-14,21,23H,2-7,11-12,15-18H2,1H3/t21-,23-. The lowest BCUT2D eigenvalue weighted by Gasteiger charge is -2.28. The van der Waals surface area contributed by atoms with Crippen LogP contribution in [-0.2, 0) is 12.8 Å². The monoisotopic (exact) mass is 355 g/mol. The van der Waals surface area contributed by atoms with Crippen molar-refractivity contribution in [3.63, 3.8) is 0 Å². The normalized spacial score (nSPS) is 20.7. The van der Waals surface area contributed by atoms with E-state index < -0.39 is 5.83 Å². The van der Waals surface area contributed by atoms with Gasteiger partial charge in [0.2, 0.25) is 0 Å². The summed E-state index contributed by atoms with van der Waals surface area (Å²) in [4.78, 5) is 0. The molecule has 1 fully saturated rings. The fourth-order valence-corrected chi connectivity index (χ4v) is 4.12. The molecule has 0 unspecified atom stereocenters. The highest BCUT2D eigenvalue weighted by Crippen LogP contribution is 2.34. The Hall–Kier alpha value is -1.62. The minimum Gasteiger partial charge on any atom is -0.195 e. The molecule has 0 aliphatic heterocycles. The van der Waals surface area contributed by atoms with Crippen LogP contribution in [0.15, 0.2) is 36.2 Å². The van der Waals surface area contributed by atoms with E-state index in [1.165, 1.54) is 81.4 Å². The Bertz CT molecular complexity index is 573. The minimum atomic E-state index is -0.630. The second kappa shape index (κ2) is 11.9. The van der Waals surface area contributed by atoms with E-state index in [1.807, 2.05) is 0 Å². The van der Waals surface area contributed by atoms with E-state index >= 15 is 0 Å². The third-order valence-electron chi connectivity index (χ3n) is 5.90. The van der Waals surface area contributed by atoms with Crippen LogP contribution < -0.4 is 0 Å². The Morgan fingerprint density at radius 3 is 2.15 bits per heavy atom. The zero-order valence-corrected chi connectivity index (χ0v) is 16.4. The Morgan fingerprint density at radius 1 is 1.00 bits per heavy atom. The molecule has 1 saturated carbocycles. The van der Waals surface area contributed by atoms with Crippen LogP contribution in [0.2, 0.25) is 0 Å². The van der Waals surface area contributed by atoms with Crippen LogP contribution in [0.4, 0.5) is 4.39 Å². The average Bonchev–Trinajstić information content (AvgIpc) is 2.68. The third kappa shape index (κ3) is 7.73. The van der Waals surface area contributed by atoms with Gasteiger partial charge in [0.25, 0.3) is 0 Å². The summed E-state index contributed by atoms with van der Waals surface area (Å²) in [6.45, 7) is 2.25. The molecule has 1 aliphatic rings. The van der Waals surface area contributed by atoms with E-state index in [2.05, 4.69) is 31.2 Å². The van der Waals surface area contributed by atoms with Gasteiger partial charge in [-0.25, -0.2) is 0 Å². The summed E-state index contributed by atoms with van der Waals surface area (Å²) in [5.41, 5.74) is 2.95. The predicted molar refractivity (Wildman–Crippen MR) is 107 cm³/mol. The highest BCUT2D eigenvalue weighted by molar-refractivity contribution is 5.22. The van der Waals surface area contributed by atoms with E-state index in [4.69, 9.17) is 5.26 Å². The molecule has 0 saturated heterocycles. The van der Waals surface area contributed by atoms with Gasteiger partial charge in [-0.3, -0.25) is 0 Å². The van der Waals surface area contributed by atoms with Gasteiger partial charge in [-0.1, -0.05) is 69.7 Å². The number of hydrogen-bond acceptors (Lipinski definition) is 1. The molecule has 1 nitrogen and oxygen atoms in total. The summed E-state index contributed by atoms with van der Waals surface area (Å²) in [5.74, 6) is 0.938. The molecule has 1 aromatic carbocycles. The number of nitriles is 1. The largest absolute Gasteiger partial charge is 0.196 e. The molecule has 26 heavy (non-hydrogen) atoms. The molecule has 2 rings (SSSR count). The predicted octanol–water partition coefficient (Wildman–Crippen LogP) is 7.32. The summed E-state index contributed by atoms with van der Waals surface area (Å²) in [6, 6.07) is 10.8.